The molecule has 0 saturated heterocycles. The molecule has 3 nitrogen and oxygen atoms in total. The van der Waals surface area contributed by atoms with Crippen LogP contribution >= 0.6 is 12.4 Å². The van der Waals surface area contributed by atoms with Crippen LogP contribution in [0.5, 0.6) is 0 Å². The van der Waals surface area contributed by atoms with Crippen molar-refractivity contribution < 1.29 is 4.79 Å². The van der Waals surface area contributed by atoms with Gasteiger partial charge in [0.05, 0.1) is 0 Å². The number of carbonyl (C=O) groups excluding carboxylic acids is 1. The monoisotopic (exact) mass is 272 g/mol. The maximum atomic E-state index is 12.3. The Morgan fingerprint density at radius 2 is 2.00 bits per heavy atom. The number of halogens is 1. The first kappa shape index (κ1) is 14.1. The first-order valence-electron chi connectivity index (χ1n) is 7.28. The lowest BCUT2D eigenvalue weighted by Crippen LogP contribution is -2.43. The summed E-state index contributed by atoms with van der Waals surface area (Å²) in [5.74, 6) is 2.63. The van der Waals surface area contributed by atoms with Crippen LogP contribution in [0.25, 0.3) is 0 Å². The van der Waals surface area contributed by atoms with Crippen molar-refractivity contribution in [3.05, 3.63) is 0 Å². The fourth-order valence-corrected chi connectivity index (χ4v) is 4.38. The number of amides is 1. The summed E-state index contributed by atoms with van der Waals surface area (Å²) in [5, 5.41) is 3.32. The van der Waals surface area contributed by atoms with Gasteiger partial charge in [0.1, 0.15) is 0 Å². The van der Waals surface area contributed by atoms with E-state index in [1.165, 1.54) is 32.1 Å². The van der Waals surface area contributed by atoms with Crippen LogP contribution in [0.2, 0.25) is 0 Å². The summed E-state index contributed by atoms with van der Waals surface area (Å²) in [6.45, 7) is 0.675. The zero-order valence-electron chi connectivity index (χ0n) is 10.9. The van der Waals surface area contributed by atoms with Crippen LogP contribution in [0.3, 0.4) is 0 Å². The second kappa shape index (κ2) is 5.79. The van der Waals surface area contributed by atoms with Crippen molar-refractivity contribution in [2.45, 2.75) is 51.0 Å². The third-order valence-electron chi connectivity index (χ3n) is 5.36. The van der Waals surface area contributed by atoms with Gasteiger partial charge in [-0.25, -0.2) is 0 Å². The lowest BCUT2D eigenvalue weighted by atomic mass is 9.92. The van der Waals surface area contributed by atoms with Crippen molar-refractivity contribution in [3.63, 3.8) is 0 Å². The Balaban J connectivity index is 0.00000120. The van der Waals surface area contributed by atoms with E-state index in [1.54, 1.807) is 0 Å². The minimum absolute atomic E-state index is 0. The van der Waals surface area contributed by atoms with Gasteiger partial charge in [0.25, 0.3) is 0 Å². The topological polar surface area (TPSA) is 55.1 Å². The molecule has 104 valence electrons. The van der Waals surface area contributed by atoms with Crippen molar-refractivity contribution in [3.8, 4) is 0 Å². The SMILES string of the molecule is Cl.NC[C@H]1CCC[C@H]1C(=O)NC1CC2CCC1C2. The van der Waals surface area contributed by atoms with Crippen LogP contribution < -0.4 is 11.1 Å². The Hall–Kier alpha value is -0.280. The Labute approximate surface area is 116 Å². The highest BCUT2D eigenvalue weighted by Crippen LogP contribution is 2.44. The molecular formula is C14H25ClN2O. The Bertz CT molecular complexity index is 310. The summed E-state index contributed by atoms with van der Waals surface area (Å²) >= 11 is 0. The van der Waals surface area contributed by atoms with Gasteiger partial charge >= 0.3 is 0 Å². The van der Waals surface area contributed by atoms with Crippen molar-refractivity contribution in [1.29, 1.82) is 0 Å². The van der Waals surface area contributed by atoms with Gasteiger partial charge in [-0.15, -0.1) is 12.4 Å². The van der Waals surface area contributed by atoms with Gasteiger partial charge in [-0.1, -0.05) is 12.8 Å². The fourth-order valence-electron chi connectivity index (χ4n) is 4.38. The molecule has 2 bridgehead atoms. The van der Waals surface area contributed by atoms with Crippen LogP contribution in [-0.2, 0) is 4.79 Å². The highest BCUT2D eigenvalue weighted by Gasteiger charge is 2.41. The van der Waals surface area contributed by atoms with Crippen molar-refractivity contribution >= 4 is 18.3 Å². The number of fused-ring (bicyclic) bond motifs is 2. The average molecular weight is 273 g/mol. The fraction of sp³-hybridized carbons (Fsp3) is 0.929. The molecule has 0 aromatic heterocycles. The summed E-state index contributed by atoms with van der Waals surface area (Å²) in [6, 6.07) is 0.486. The average Bonchev–Trinajstić information content (AvgIpc) is 3.04. The molecule has 4 heteroatoms. The van der Waals surface area contributed by atoms with E-state index in [9.17, 15) is 4.79 Å². The second-order valence-corrected chi connectivity index (χ2v) is 6.32. The van der Waals surface area contributed by atoms with Gasteiger partial charge in [0.2, 0.25) is 5.91 Å². The van der Waals surface area contributed by atoms with Crippen molar-refractivity contribution in [1.82, 2.24) is 5.32 Å². The molecule has 5 atom stereocenters. The van der Waals surface area contributed by atoms with Crippen LogP contribution in [0.4, 0.5) is 0 Å². The Kier molecular flexibility index (Phi) is 4.54. The summed E-state index contributed by atoms with van der Waals surface area (Å²) in [6.07, 6.45) is 8.69. The molecule has 0 heterocycles. The third kappa shape index (κ3) is 2.53. The molecule has 1 amide bonds. The first-order chi connectivity index (χ1) is 8.28. The summed E-state index contributed by atoms with van der Waals surface area (Å²) in [5.41, 5.74) is 5.75. The van der Waals surface area contributed by atoms with E-state index in [4.69, 9.17) is 5.73 Å². The van der Waals surface area contributed by atoms with E-state index in [-0.39, 0.29) is 18.3 Å². The van der Waals surface area contributed by atoms with Crippen LogP contribution in [0.1, 0.15) is 44.9 Å². The summed E-state index contributed by atoms with van der Waals surface area (Å²) < 4.78 is 0. The predicted molar refractivity (Wildman–Crippen MR) is 74.5 cm³/mol. The largest absolute Gasteiger partial charge is 0.353 e. The van der Waals surface area contributed by atoms with Gasteiger partial charge in [0.15, 0.2) is 0 Å². The van der Waals surface area contributed by atoms with Gasteiger partial charge in [-0.05, 0) is 56.4 Å². The maximum Gasteiger partial charge on any atom is 0.223 e. The quantitative estimate of drug-likeness (QED) is 0.827. The Morgan fingerprint density at radius 1 is 1.17 bits per heavy atom. The molecule has 0 aromatic rings. The molecular weight excluding hydrogens is 248 g/mol. The highest BCUT2D eigenvalue weighted by molar-refractivity contribution is 5.85. The molecule has 3 N–H and O–H groups in total. The molecule has 3 aliphatic carbocycles. The first-order valence-corrected chi connectivity index (χ1v) is 7.28. The maximum absolute atomic E-state index is 12.3. The summed E-state index contributed by atoms with van der Waals surface area (Å²) in [4.78, 5) is 12.3. The number of nitrogens with two attached hydrogens (primary N) is 1. The zero-order valence-corrected chi connectivity index (χ0v) is 11.8. The molecule has 0 aromatic carbocycles. The number of carbonyl (C=O) groups is 1. The zero-order chi connectivity index (χ0) is 11.8. The normalized spacial score (nSPS) is 41.7. The minimum atomic E-state index is 0. The van der Waals surface area contributed by atoms with E-state index < -0.39 is 0 Å². The molecule has 3 aliphatic rings. The van der Waals surface area contributed by atoms with E-state index in [1.807, 2.05) is 0 Å². The molecule has 3 unspecified atom stereocenters. The van der Waals surface area contributed by atoms with Crippen LogP contribution in [0, 0.1) is 23.7 Å². The molecule has 0 spiro atoms. The molecule has 3 saturated carbocycles. The van der Waals surface area contributed by atoms with Gasteiger partial charge in [-0.3, -0.25) is 4.79 Å². The predicted octanol–water partition coefficient (Wildman–Crippen LogP) is 2.09. The number of hydrogen-bond acceptors (Lipinski definition) is 2. The summed E-state index contributed by atoms with van der Waals surface area (Å²) in [7, 11) is 0. The number of hydrogen-bond donors (Lipinski definition) is 2. The molecule has 3 rings (SSSR count). The standard InChI is InChI=1S/C14H24N2O.ClH/c15-8-11-2-1-3-12(11)14(17)16-13-7-9-4-5-10(13)6-9;/h9-13H,1-8,15H2,(H,16,17);1H/t9?,10?,11-,12-,13?;/m1./s1. The van der Waals surface area contributed by atoms with Crippen LogP contribution in [0.15, 0.2) is 0 Å². The van der Waals surface area contributed by atoms with Crippen molar-refractivity contribution in [2.24, 2.45) is 29.4 Å². The third-order valence-corrected chi connectivity index (χ3v) is 5.36. The number of rotatable bonds is 3. The van der Waals surface area contributed by atoms with Gasteiger partial charge < -0.3 is 11.1 Å². The molecule has 0 radical (unpaired) electrons. The van der Waals surface area contributed by atoms with E-state index >= 15 is 0 Å². The van der Waals surface area contributed by atoms with Gasteiger partial charge in [0, 0.05) is 12.0 Å². The van der Waals surface area contributed by atoms with Crippen LogP contribution in [-0.4, -0.2) is 18.5 Å². The molecule has 18 heavy (non-hydrogen) atoms. The lowest BCUT2D eigenvalue weighted by molar-refractivity contribution is -0.127. The van der Waals surface area contributed by atoms with E-state index in [2.05, 4.69) is 5.32 Å². The number of nitrogens with one attached hydrogen (secondary N) is 1. The van der Waals surface area contributed by atoms with E-state index in [0.717, 1.165) is 24.7 Å². The minimum Gasteiger partial charge on any atom is -0.353 e. The van der Waals surface area contributed by atoms with Gasteiger partial charge in [-0.2, -0.15) is 0 Å². The molecule has 3 fully saturated rings. The second-order valence-electron chi connectivity index (χ2n) is 6.32. The lowest BCUT2D eigenvalue weighted by Gasteiger charge is -2.26. The molecule has 0 aliphatic heterocycles. The van der Waals surface area contributed by atoms with Crippen molar-refractivity contribution in [2.75, 3.05) is 6.54 Å². The van der Waals surface area contributed by atoms with E-state index in [0.29, 0.717) is 24.4 Å². The highest BCUT2D eigenvalue weighted by atomic mass is 35.5. The Morgan fingerprint density at radius 3 is 2.61 bits per heavy atom. The smallest absolute Gasteiger partial charge is 0.223 e.